The Labute approximate surface area is 86.9 Å². The molecule has 0 spiro atoms. The molecule has 78 valence electrons. The first-order chi connectivity index (χ1) is 7.16. The van der Waals surface area contributed by atoms with Crippen LogP contribution in [0.5, 0.6) is 0 Å². The van der Waals surface area contributed by atoms with Crippen molar-refractivity contribution >= 4 is 23.3 Å². The molecule has 0 bridgehead atoms. The van der Waals surface area contributed by atoms with Gasteiger partial charge in [-0.05, 0) is 24.3 Å². The van der Waals surface area contributed by atoms with Crippen molar-refractivity contribution in [3.8, 4) is 0 Å². The van der Waals surface area contributed by atoms with Crippen LogP contribution in [0.2, 0.25) is 0 Å². The van der Waals surface area contributed by atoms with Crippen LogP contribution >= 0.6 is 0 Å². The second kappa shape index (κ2) is 3.61. The average Bonchev–Trinajstić information content (AvgIpc) is 2.20. The summed E-state index contributed by atoms with van der Waals surface area (Å²) < 4.78 is 0. The van der Waals surface area contributed by atoms with Gasteiger partial charge in [-0.25, -0.2) is 4.79 Å². The van der Waals surface area contributed by atoms with Crippen LogP contribution < -0.4 is 16.0 Å². The number of benzene rings is 1. The minimum Gasteiger partial charge on any atom is -0.399 e. The molecule has 0 aliphatic carbocycles. The quantitative estimate of drug-likeness (QED) is 0.663. The number of nitrogen functional groups attached to an aromatic ring is 1. The number of hydrogen-bond donors (Lipinski definition) is 2. The summed E-state index contributed by atoms with van der Waals surface area (Å²) >= 11 is 0. The Morgan fingerprint density at radius 2 is 1.87 bits per heavy atom. The zero-order valence-corrected chi connectivity index (χ0v) is 8.06. The van der Waals surface area contributed by atoms with Crippen molar-refractivity contribution in [1.82, 2.24) is 5.32 Å². The van der Waals surface area contributed by atoms with E-state index in [0.29, 0.717) is 18.7 Å². The Balaban J connectivity index is 2.20. The van der Waals surface area contributed by atoms with Gasteiger partial charge in [-0.3, -0.25) is 15.0 Å². The van der Waals surface area contributed by atoms with Crippen molar-refractivity contribution in [2.45, 2.75) is 6.42 Å². The first-order valence-electron chi connectivity index (χ1n) is 4.64. The maximum Gasteiger partial charge on any atom is 0.328 e. The number of hydrogen-bond acceptors (Lipinski definition) is 3. The highest BCUT2D eigenvalue weighted by molar-refractivity contribution is 6.05. The molecule has 1 aromatic carbocycles. The molecule has 1 saturated heterocycles. The second-order valence-electron chi connectivity index (χ2n) is 3.35. The SMILES string of the molecule is Nc1ccc(N2CCC(=O)NC2=O)cc1. The highest BCUT2D eigenvalue weighted by Gasteiger charge is 2.23. The maximum atomic E-state index is 11.5. The molecule has 1 aliphatic rings. The van der Waals surface area contributed by atoms with Crippen LogP contribution in [0.1, 0.15) is 6.42 Å². The fraction of sp³-hybridized carbons (Fsp3) is 0.200. The van der Waals surface area contributed by atoms with E-state index in [1.807, 2.05) is 0 Å². The van der Waals surface area contributed by atoms with Gasteiger partial charge in [-0.1, -0.05) is 0 Å². The number of anilines is 2. The van der Waals surface area contributed by atoms with Crippen molar-refractivity contribution < 1.29 is 9.59 Å². The molecule has 5 heteroatoms. The maximum absolute atomic E-state index is 11.5. The summed E-state index contributed by atoms with van der Waals surface area (Å²) in [6.45, 7) is 0.411. The van der Waals surface area contributed by atoms with Crippen molar-refractivity contribution in [3.63, 3.8) is 0 Å². The Morgan fingerprint density at radius 3 is 2.47 bits per heavy atom. The third-order valence-electron chi connectivity index (χ3n) is 2.26. The zero-order chi connectivity index (χ0) is 10.8. The van der Waals surface area contributed by atoms with Gasteiger partial charge >= 0.3 is 6.03 Å². The van der Waals surface area contributed by atoms with Crippen LogP contribution in [0.3, 0.4) is 0 Å². The second-order valence-corrected chi connectivity index (χ2v) is 3.35. The number of amides is 3. The summed E-state index contributed by atoms with van der Waals surface area (Å²) in [6, 6.07) is 6.57. The van der Waals surface area contributed by atoms with Gasteiger partial charge in [0, 0.05) is 24.3 Å². The van der Waals surface area contributed by atoms with E-state index in [0.717, 1.165) is 5.69 Å². The first-order valence-corrected chi connectivity index (χ1v) is 4.64. The van der Waals surface area contributed by atoms with Gasteiger partial charge in [0.1, 0.15) is 0 Å². The third kappa shape index (κ3) is 1.90. The predicted octanol–water partition coefficient (Wildman–Crippen LogP) is 0.715. The highest BCUT2D eigenvalue weighted by atomic mass is 16.2. The van der Waals surface area contributed by atoms with E-state index in [-0.39, 0.29) is 11.9 Å². The molecule has 0 aromatic heterocycles. The Hall–Kier alpha value is -2.04. The summed E-state index contributed by atoms with van der Waals surface area (Å²) in [5, 5.41) is 2.26. The Kier molecular flexibility index (Phi) is 2.29. The van der Waals surface area contributed by atoms with Gasteiger partial charge in [0.25, 0.3) is 0 Å². The number of nitrogens with two attached hydrogens (primary N) is 1. The fourth-order valence-electron chi connectivity index (χ4n) is 1.46. The van der Waals surface area contributed by atoms with Crippen LogP contribution in [-0.4, -0.2) is 18.5 Å². The van der Waals surface area contributed by atoms with Crippen LogP contribution in [0.15, 0.2) is 24.3 Å². The van der Waals surface area contributed by atoms with Crippen LogP contribution in [-0.2, 0) is 4.79 Å². The zero-order valence-electron chi connectivity index (χ0n) is 8.06. The van der Waals surface area contributed by atoms with Crippen LogP contribution in [0, 0.1) is 0 Å². The lowest BCUT2D eigenvalue weighted by Gasteiger charge is -2.26. The van der Waals surface area contributed by atoms with Crippen molar-refractivity contribution in [1.29, 1.82) is 0 Å². The molecule has 1 heterocycles. The molecule has 0 atom stereocenters. The van der Waals surface area contributed by atoms with Gasteiger partial charge < -0.3 is 5.73 Å². The fourth-order valence-corrected chi connectivity index (χ4v) is 1.46. The Bertz CT molecular complexity index is 400. The molecule has 0 saturated carbocycles. The minimum absolute atomic E-state index is 0.230. The van der Waals surface area contributed by atoms with Gasteiger partial charge in [0.15, 0.2) is 0 Å². The lowest BCUT2D eigenvalue weighted by Crippen LogP contribution is -2.49. The van der Waals surface area contributed by atoms with E-state index in [1.165, 1.54) is 4.90 Å². The van der Waals surface area contributed by atoms with Gasteiger partial charge in [-0.2, -0.15) is 0 Å². The molecule has 5 nitrogen and oxygen atoms in total. The van der Waals surface area contributed by atoms with E-state index in [9.17, 15) is 9.59 Å². The summed E-state index contributed by atoms with van der Waals surface area (Å²) in [5.74, 6) is -0.230. The molecular weight excluding hydrogens is 194 g/mol. The molecule has 0 radical (unpaired) electrons. The summed E-state index contributed by atoms with van der Waals surface area (Å²) in [5.41, 5.74) is 6.93. The van der Waals surface area contributed by atoms with Crippen molar-refractivity contribution in [3.05, 3.63) is 24.3 Å². The van der Waals surface area contributed by atoms with E-state index < -0.39 is 0 Å². The number of nitrogens with zero attached hydrogens (tertiary/aromatic N) is 1. The standard InChI is InChI=1S/C10H11N3O2/c11-7-1-3-8(4-2-7)13-6-5-9(14)12-10(13)15/h1-4H,5-6,11H2,(H,12,14,15). The topological polar surface area (TPSA) is 75.4 Å². The van der Waals surface area contributed by atoms with E-state index in [4.69, 9.17) is 5.73 Å². The first kappa shape index (κ1) is 9.51. The molecule has 1 aromatic rings. The van der Waals surface area contributed by atoms with E-state index >= 15 is 0 Å². The molecule has 15 heavy (non-hydrogen) atoms. The molecule has 3 amide bonds. The summed E-state index contributed by atoms with van der Waals surface area (Å²) in [6.07, 6.45) is 0.329. The van der Waals surface area contributed by atoms with Crippen molar-refractivity contribution in [2.24, 2.45) is 0 Å². The molecule has 1 aliphatic heterocycles. The predicted molar refractivity (Wildman–Crippen MR) is 56.4 cm³/mol. The van der Waals surface area contributed by atoms with Gasteiger partial charge in [0.05, 0.1) is 0 Å². The molecule has 0 unspecified atom stereocenters. The van der Waals surface area contributed by atoms with Crippen molar-refractivity contribution in [2.75, 3.05) is 17.2 Å². The van der Waals surface area contributed by atoms with Gasteiger partial charge in [0.2, 0.25) is 5.91 Å². The number of urea groups is 1. The number of imide groups is 1. The van der Waals surface area contributed by atoms with E-state index in [2.05, 4.69) is 5.32 Å². The number of carbonyl (C=O) groups excluding carboxylic acids is 2. The minimum atomic E-state index is -0.379. The summed E-state index contributed by atoms with van der Waals surface area (Å²) in [4.78, 5) is 23.9. The average molecular weight is 205 g/mol. The third-order valence-corrected chi connectivity index (χ3v) is 2.26. The molecule has 1 fully saturated rings. The number of nitrogens with one attached hydrogen (secondary N) is 1. The van der Waals surface area contributed by atoms with Crippen LogP contribution in [0.25, 0.3) is 0 Å². The number of carbonyl (C=O) groups is 2. The Morgan fingerprint density at radius 1 is 1.20 bits per heavy atom. The lowest BCUT2D eigenvalue weighted by molar-refractivity contribution is -0.120. The monoisotopic (exact) mass is 205 g/mol. The highest BCUT2D eigenvalue weighted by Crippen LogP contribution is 2.18. The summed E-state index contributed by atoms with van der Waals surface area (Å²) in [7, 11) is 0. The lowest BCUT2D eigenvalue weighted by atomic mass is 10.2. The smallest absolute Gasteiger partial charge is 0.328 e. The van der Waals surface area contributed by atoms with Gasteiger partial charge in [-0.15, -0.1) is 0 Å². The number of rotatable bonds is 1. The van der Waals surface area contributed by atoms with Crippen LogP contribution in [0.4, 0.5) is 16.2 Å². The normalized spacial score (nSPS) is 16.4. The largest absolute Gasteiger partial charge is 0.399 e. The molecule has 3 N–H and O–H groups in total. The molecular formula is C10H11N3O2. The van der Waals surface area contributed by atoms with E-state index in [1.54, 1.807) is 24.3 Å². The molecule has 2 rings (SSSR count).